The third-order valence-corrected chi connectivity index (χ3v) is 5.14. The standard InChI is InChI=1S/C19H24N4O3/c1-19(2)14(12-17(24)23(19)3)18(25)20-10-9-16-21-15(22-26-16)11-13-7-5-4-6-8-13/h4-8,14H,9-12H2,1-3H3,(H,20,25)/t14-/m1/s1. The highest BCUT2D eigenvalue weighted by atomic mass is 16.5. The molecule has 2 aromatic rings. The molecule has 1 saturated heterocycles. The lowest BCUT2D eigenvalue weighted by molar-refractivity contribution is -0.128. The van der Waals surface area contributed by atoms with Crippen molar-refractivity contribution in [3.8, 4) is 0 Å². The van der Waals surface area contributed by atoms with E-state index in [9.17, 15) is 9.59 Å². The van der Waals surface area contributed by atoms with Gasteiger partial charge < -0.3 is 14.7 Å². The highest BCUT2D eigenvalue weighted by Crippen LogP contribution is 2.34. The second-order valence-corrected chi connectivity index (χ2v) is 7.17. The van der Waals surface area contributed by atoms with E-state index in [1.807, 2.05) is 44.2 Å². The van der Waals surface area contributed by atoms with Gasteiger partial charge in [0.2, 0.25) is 17.7 Å². The van der Waals surface area contributed by atoms with E-state index >= 15 is 0 Å². The Bertz CT molecular complexity index is 785. The fourth-order valence-corrected chi connectivity index (χ4v) is 3.19. The molecule has 1 aromatic heterocycles. The molecule has 1 aliphatic rings. The summed E-state index contributed by atoms with van der Waals surface area (Å²) < 4.78 is 5.24. The molecule has 26 heavy (non-hydrogen) atoms. The lowest BCUT2D eigenvalue weighted by Crippen LogP contribution is -2.47. The number of amides is 2. The lowest BCUT2D eigenvalue weighted by atomic mass is 9.88. The van der Waals surface area contributed by atoms with Gasteiger partial charge in [-0.3, -0.25) is 9.59 Å². The number of carbonyl (C=O) groups excluding carboxylic acids is 2. The normalized spacial score (nSPS) is 19.0. The molecule has 3 rings (SSSR count). The highest BCUT2D eigenvalue weighted by Gasteiger charge is 2.47. The van der Waals surface area contributed by atoms with Crippen molar-refractivity contribution in [2.45, 2.75) is 38.6 Å². The maximum atomic E-state index is 12.4. The van der Waals surface area contributed by atoms with Gasteiger partial charge in [-0.05, 0) is 19.4 Å². The number of aromatic nitrogens is 2. The average molecular weight is 356 g/mol. The predicted molar refractivity (Wildman–Crippen MR) is 95.2 cm³/mol. The summed E-state index contributed by atoms with van der Waals surface area (Å²) >= 11 is 0. The number of likely N-dealkylation sites (tertiary alicyclic amines) is 1. The second-order valence-electron chi connectivity index (χ2n) is 7.17. The van der Waals surface area contributed by atoms with Crippen LogP contribution in [-0.2, 0) is 22.4 Å². The van der Waals surface area contributed by atoms with Crippen molar-refractivity contribution in [1.29, 1.82) is 0 Å². The van der Waals surface area contributed by atoms with Crippen molar-refractivity contribution in [3.63, 3.8) is 0 Å². The lowest BCUT2D eigenvalue weighted by Gasteiger charge is -2.32. The van der Waals surface area contributed by atoms with Crippen molar-refractivity contribution in [2.24, 2.45) is 5.92 Å². The van der Waals surface area contributed by atoms with Gasteiger partial charge in [0.15, 0.2) is 5.82 Å². The maximum absolute atomic E-state index is 12.4. The molecule has 1 aliphatic heterocycles. The summed E-state index contributed by atoms with van der Waals surface area (Å²) in [6.45, 7) is 4.22. The van der Waals surface area contributed by atoms with Crippen molar-refractivity contribution in [2.75, 3.05) is 13.6 Å². The van der Waals surface area contributed by atoms with E-state index in [4.69, 9.17) is 4.52 Å². The highest BCUT2D eigenvalue weighted by molar-refractivity contribution is 5.90. The van der Waals surface area contributed by atoms with Crippen molar-refractivity contribution in [3.05, 3.63) is 47.6 Å². The van der Waals surface area contributed by atoms with Crippen LogP contribution in [-0.4, -0.2) is 46.0 Å². The summed E-state index contributed by atoms with van der Waals surface area (Å²) in [7, 11) is 1.74. The first-order valence-electron chi connectivity index (χ1n) is 8.77. The molecule has 0 unspecified atom stereocenters. The summed E-state index contributed by atoms with van der Waals surface area (Å²) in [5.41, 5.74) is 0.638. The van der Waals surface area contributed by atoms with Crippen molar-refractivity contribution < 1.29 is 14.1 Å². The molecule has 2 heterocycles. The fraction of sp³-hybridized carbons (Fsp3) is 0.474. The van der Waals surface area contributed by atoms with Gasteiger partial charge in [-0.2, -0.15) is 4.98 Å². The molecular formula is C19H24N4O3. The number of carbonyl (C=O) groups is 2. The SMILES string of the molecule is CN1C(=O)C[C@H](C(=O)NCCc2nc(Cc3ccccc3)no2)C1(C)C. The van der Waals surface area contributed by atoms with Crippen LogP contribution < -0.4 is 5.32 Å². The van der Waals surface area contributed by atoms with Crippen LogP contribution in [0.4, 0.5) is 0 Å². The predicted octanol–water partition coefficient (Wildman–Crippen LogP) is 1.58. The summed E-state index contributed by atoms with van der Waals surface area (Å²) in [6, 6.07) is 9.93. The first-order chi connectivity index (χ1) is 12.4. The Morgan fingerprint density at radius 2 is 2.08 bits per heavy atom. The van der Waals surface area contributed by atoms with E-state index in [0.29, 0.717) is 31.1 Å². The Morgan fingerprint density at radius 1 is 1.35 bits per heavy atom. The number of benzene rings is 1. The monoisotopic (exact) mass is 356 g/mol. The number of rotatable bonds is 6. The summed E-state index contributed by atoms with van der Waals surface area (Å²) in [4.78, 5) is 30.3. The van der Waals surface area contributed by atoms with Gasteiger partial charge in [-0.25, -0.2) is 0 Å². The van der Waals surface area contributed by atoms with Crippen LogP contribution in [0.3, 0.4) is 0 Å². The van der Waals surface area contributed by atoms with Crippen molar-refractivity contribution >= 4 is 11.8 Å². The summed E-state index contributed by atoms with van der Waals surface area (Å²) in [5.74, 6) is 0.655. The third-order valence-electron chi connectivity index (χ3n) is 5.14. The topological polar surface area (TPSA) is 88.3 Å². The van der Waals surface area contributed by atoms with Gasteiger partial charge in [-0.15, -0.1) is 0 Å². The molecule has 0 bridgehead atoms. The largest absolute Gasteiger partial charge is 0.355 e. The third kappa shape index (κ3) is 3.76. The minimum Gasteiger partial charge on any atom is -0.355 e. The number of hydrogen-bond acceptors (Lipinski definition) is 5. The Kier molecular flexibility index (Phi) is 5.06. The average Bonchev–Trinajstić information content (AvgIpc) is 3.13. The number of nitrogens with zero attached hydrogens (tertiary/aromatic N) is 3. The minimum atomic E-state index is -0.478. The number of hydrogen-bond donors (Lipinski definition) is 1. The van der Waals surface area contributed by atoms with Crippen LogP contribution >= 0.6 is 0 Å². The Labute approximate surface area is 152 Å². The molecule has 7 heteroatoms. The van der Waals surface area contributed by atoms with Crippen LogP contribution in [0, 0.1) is 5.92 Å². The molecule has 1 atom stereocenters. The van der Waals surface area contributed by atoms with E-state index in [0.717, 1.165) is 5.56 Å². The van der Waals surface area contributed by atoms with Gasteiger partial charge in [0.25, 0.3) is 0 Å². The summed E-state index contributed by atoms with van der Waals surface area (Å²) in [6.07, 6.45) is 1.32. The Hall–Kier alpha value is -2.70. The first-order valence-corrected chi connectivity index (χ1v) is 8.77. The second kappa shape index (κ2) is 7.27. The van der Waals surface area contributed by atoms with Gasteiger partial charge in [0.1, 0.15) is 0 Å². The van der Waals surface area contributed by atoms with Gasteiger partial charge in [0.05, 0.1) is 5.92 Å². The molecule has 1 aromatic carbocycles. The first kappa shape index (κ1) is 18.1. The van der Waals surface area contributed by atoms with Crippen LogP contribution in [0.5, 0.6) is 0 Å². The quantitative estimate of drug-likeness (QED) is 0.849. The van der Waals surface area contributed by atoms with E-state index < -0.39 is 5.54 Å². The zero-order valence-electron chi connectivity index (χ0n) is 15.4. The fourth-order valence-electron chi connectivity index (χ4n) is 3.19. The van der Waals surface area contributed by atoms with E-state index in [1.165, 1.54) is 0 Å². The van der Waals surface area contributed by atoms with E-state index in [2.05, 4.69) is 15.5 Å². The Morgan fingerprint density at radius 3 is 2.73 bits per heavy atom. The zero-order chi connectivity index (χ0) is 18.7. The molecule has 0 radical (unpaired) electrons. The van der Waals surface area contributed by atoms with E-state index in [1.54, 1.807) is 11.9 Å². The maximum Gasteiger partial charge on any atom is 0.228 e. The van der Waals surface area contributed by atoms with E-state index in [-0.39, 0.29) is 24.2 Å². The molecule has 7 nitrogen and oxygen atoms in total. The molecule has 1 fully saturated rings. The molecular weight excluding hydrogens is 332 g/mol. The molecule has 2 amide bonds. The van der Waals surface area contributed by atoms with Crippen LogP contribution in [0.1, 0.15) is 37.5 Å². The number of nitrogens with one attached hydrogen (secondary N) is 1. The molecule has 0 spiro atoms. The van der Waals surface area contributed by atoms with Gasteiger partial charge in [0, 0.05) is 38.4 Å². The van der Waals surface area contributed by atoms with Crippen molar-refractivity contribution in [1.82, 2.24) is 20.4 Å². The van der Waals surface area contributed by atoms with Crippen LogP contribution in [0.25, 0.3) is 0 Å². The molecule has 1 N–H and O–H groups in total. The minimum absolute atomic E-state index is 0.00222. The van der Waals surface area contributed by atoms with Crippen LogP contribution in [0.2, 0.25) is 0 Å². The molecule has 138 valence electrons. The van der Waals surface area contributed by atoms with Gasteiger partial charge >= 0.3 is 0 Å². The van der Waals surface area contributed by atoms with Crippen LogP contribution in [0.15, 0.2) is 34.9 Å². The zero-order valence-corrected chi connectivity index (χ0v) is 15.4. The summed E-state index contributed by atoms with van der Waals surface area (Å²) in [5, 5.41) is 6.86. The molecule has 0 saturated carbocycles. The Balaban J connectivity index is 1.49. The smallest absolute Gasteiger partial charge is 0.228 e. The van der Waals surface area contributed by atoms with Gasteiger partial charge in [-0.1, -0.05) is 35.5 Å². The molecule has 0 aliphatic carbocycles.